The van der Waals surface area contributed by atoms with Gasteiger partial charge in [-0.15, -0.1) is 0 Å². The molecule has 0 aromatic rings. The van der Waals surface area contributed by atoms with Crippen molar-refractivity contribution in [3.05, 3.63) is 0 Å². The SMILES string of the molecule is CCC(C)CNC(C)(C)C1CCCC(CC(=O)O)C1. The van der Waals surface area contributed by atoms with Crippen molar-refractivity contribution >= 4 is 5.97 Å². The van der Waals surface area contributed by atoms with Crippen molar-refractivity contribution < 1.29 is 9.90 Å². The fraction of sp³-hybridized carbons (Fsp3) is 0.938. The second-order valence-corrected chi connectivity index (χ2v) is 6.94. The predicted octanol–water partition coefficient (Wildman–Crippen LogP) is 3.68. The maximum atomic E-state index is 10.9. The third-order valence-corrected chi connectivity index (χ3v) is 4.87. The molecule has 0 spiro atoms. The van der Waals surface area contributed by atoms with Gasteiger partial charge in [0.2, 0.25) is 0 Å². The average Bonchev–Trinajstić information content (AvgIpc) is 2.35. The van der Waals surface area contributed by atoms with Gasteiger partial charge in [0.1, 0.15) is 0 Å². The molecule has 0 aliphatic heterocycles. The van der Waals surface area contributed by atoms with Gasteiger partial charge in [-0.25, -0.2) is 0 Å². The molecule has 0 amide bonds. The lowest BCUT2D eigenvalue weighted by molar-refractivity contribution is -0.138. The molecule has 112 valence electrons. The molecule has 3 atom stereocenters. The van der Waals surface area contributed by atoms with Crippen LogP contribution in [0.2, 0.25) is 0 Å². The first-order valence-corrected chi connectivity index (χ1v) is 7.82. The Bertz CT molecular complexity index is 288. The predicted molar refractivity (Wildman–Crippen MR) is 79.2 cm³/mol. The Hall–Kier alpha value is -0.570. The van der Waals surface area contributed by atoms with E-state index in [1.165, 1.54) is 19.3 Å². The standard InChI is InChI=1S/C16H31NO2/c1-5-12(2)11-17-16(3,4)14-8-6-7-13(9-14)10-15(18)19/h12-14,17H,5-11H2,1-4H3,(H,18,19). The van der Waals surface area contributed by atoms with E-state index in [4.69, 9.17) is 5.11 Å². The van der Waals surface area contributed by atoms with E-state index in [2.05, 4.69) is 33.0 Å². The maximum Gasteiger partial charge on any atom is 0.303 e. The quantitative estimate of drug-likeness (QED) is 0.741. The summed E-state index contributed by atoms with van der Waals surface area (Å²) >= 11 is 0. The largest absolute Gasteiger partial charge is 0.481 e. The Morgan fingerprint density at radius 3 is 2.68 bits per heavy atom. The topological polar surface area (TPSA) is 49.3 Å². The molecule has 1 aliphatic rings. The molecule has 3 heteroatoms. The van der Waals surface area contributed by atoms with Crippen molar-refractivity contribution in [1.29, 1.82) is 0 Å². The highest BCUT2D eigenvalue weighted by atomic mass is 16.4. The maximum absolute atomic E-state index is 10.9. The van der Waals surface area contributed by atoms with Crippen LogP contribution in [0.5, 0.6) is 0 Å². The summed E-state index contributed by atoms with van der Waals surface area (Å²) in [4.78, 5) is 10.9. The number of aliphatic carboxylic acids is 1. The van der Waals surface area contributed by atoms with Crippen LogP contribution in [0, 0.1) is 17.8 Å². The Kier molecular flexibility index (Phi) is 6.31. The van der Waals surface area contributed by atoms with E-state index >= 15 is 0 Å². The second-order valence-electron chi connectivity index (χ2n) is 6.94. The summed E-state index contributed by atoms with van der Waals surface area (Å²) in [6.45, 7) is 10.1. The van der Waals surface area contributed by atoms with Gasteiger partial charge in [-0.05, 0) is 57.4 Å². The molecule has 1 aliphatic carbocycles. The van der Waals surface area contributed by atoms with E-state index in [9.17, 15) is 4.79 Å². The number of hydrogen-bond acceptors (Lipinski definition) is 2. The number of carboxylic acid groups (broad SMARTS) is 1. The highest BCUT2D eigenvalue weighted by Crippen LogP contribution is 2.37. The molecule has 1 fully saturated rings. The summed E-state index contributed by atoms with van der Waals surface area (Å²) in [6.07, 6.45) is 6.11. The Morgan fingerprint density at radius 1 is 1.42 bits per heavy atom. The van der Waals surface area contributed by atoms with Crippen molar-refractivity contribution in [3.8, 4) is 0 Å². The molecule has 0 radical (unpaired) electrons. The lowest BCUT2D eigenvalue weighted by Crippen LogP contribution is -2.49. The van der Waals surface area contributed by atoms with Gasteiger partial charge in [-0.2, -0.15) is 0 Å². The van der Waals surface area contributed by atoms with Crippen LogP contribution >= 0.6 is 0 Å². The first-order valence-electron chi connectivity index (χ1n) is 7.82. The third kappa shape index (κ3) is 5.52. The van der Waals surface area contributed by atoms with Gasteiger partial charge in [0, 0.05) is 12.0 Å². The van der Waals surface area contributed by atoms with Crippen LogP contribution in [0.4, 0.5) is 0 Å². The second kappa shape index (κ2) is 7.28. The number of carbonyl (C=O) groups is 1. The average molecular weight is 269 g/mol. The van der Waals surface area contributed by atoms with Crippen molar-refractivity contribution in [2.24, 2.45) is 17.8 Å². The molecule has 3 nitrogen and oxygen atoms in total. The monoisotopic (exact) mass is 269 g/mol. The van der Waals surface area contributed by atoms with Crippen LogP contribution < -0.4 is 5.32 Å². The fourth-order valence-electron chi connectivity index (χ4n) is 3.10. The first-order chi connectivity index (χ1) is 8.85. The van der Waals surface area contributed by atoms with E-state index in [1.54, 1.807) is 0 Å². The zero-order valence-corrected chi connectivity index (χ0v) is 13.0. The molecule has 2 N–H and O–H groups in total. The molecular weight excluding hydrogens is 238 g/mol. The highest BCUT2D eigenvalue weighted by Gasteiger charge is 2.34. The normalized spacial score (nSPS) is 26.1. The Labute approximate surface area is 118 Å². The van der Waals surface area contributed by atoms with Gasteiger partial charge in [-0.3, -0.25) is 4.79 Å². The van der Waals surface area contributed by atoms with Crippen LogP contribution in [0.15, 0.2) is 0 Å². The molecule has 0 heterocycles. The van der Waals surface area contributed by atoms with Crippen molar-refractivity contribution in [2.45, 2.75) is 71.8 Å². The van der Waals surface area contributed by atoms with Gasteiger partial charge in [0.25, 0.3) is 0 Å². The molecule has 1 rings (SSSR count). The van der Waals surface area contributed by atoms with Crippen molar-refractivity contribution in [1.82, 2.24) is 5.32 Å². The smallest absolute Gasteiger partial charge is 0.303 e. The molecule has 0 aromatic carbocycles. The van der Waals surface area contributed by atoms with E-state index in [0.717, 1.165) is 19.4 Å². The summed E-state index contributed by atoms with van der Waals surface area (Å²) in [5.74, 6) is 1.05. The summed E-state index contributed by atoms with van der Waals surface area (Å²) in [5, 5.41) is 12.7. The van der Waals surface area contributed by atoms with E-state index in [1.807, 2.05) is 0 Å². The van der Waals surface area contributed by atoms with Crippen LogP contribution in [0.3, 0.4) is 0 Å². The zero-order valence-electron chi connectivity index (χ0n) is 13.0. The number of rotatable bonds is 7. The summed E-state index contributed by atoms with van der Waals surface area (Å²) in [6, 6.07) is 0. The first kappa shape index (κ1) is 16.5. The lowest BCUT2D eigenvalue weighted by Gasteiger charge is -2.41. The van der Waals surface area contributed by atoms with Gasteiger partial charge >= 0.3 is 5.97 Å². The minimum absolute atomic E-state index is 0.126. The molecule has 0 aromatic heterocycles. The van der Waals surface area contributed by atoms with E-state index < -0.39 is 5.97 Å². The van der Waals surface area contributed by atoms with Gasteiger partial charge in [0.05, 0.1) is 0 Å². The molecule has 0 saturated heterocycles. The molecule has 19 heavy (non-hydrogen) atoms. The molecule has 3 unspecified atom stereocenters. The minimum Gasteiger partial charge on any atom is -0.481 e. The van der Waals surface area contributed by atoms with Crippen LogP contribution in [-0.4, -0.2) is 23.2 Å². The van der Waals surface area contributed by atoms with E-state index in [0.29, 0.717) is 24.2 Å². The zero-order chi connectivity index (χ0) is 14.5. The van der Waals surface area contributed by atoms with Crippen molar-refractivity contribution in [2.75, 3.05) is 6.54 Å². The summed E-state index contributed by atoms with van der Waals surface area (Å²) < 4.78 is 0. The number of nitrogens with one attached hydrogen (secondary N) is 1. The van der Waals surface area contributed by atoms with E-state index in [-0.39, 0.29) is 5.54 Å². The third-order valence-electron chi connectivity index (χ3n) is 4.87. The molecule has 0 bridgehead atoms. The van der Waals surface area contributed by atoms with Crippen LogP contribution in [0.1, 0.15) is 66.2 Å². The van der Waals surface area contributed by atoms with Gasteiger partial charge < -0.3 is 10.4 Å². The molecular formula is C16H31NO2. The summed E-state index contributed by atoms with van der Waals surface area (Å²) in [7, 11) is 0. The van der Waals surface area contributed by atoms with Crippen LogP contribution in [-0.2, 0) is 4.79 Å². The van der Waals surface area contributed by atoms with Crippen LogP contribution in [0.25, 0.3) is 0 Å². The van der Waals surface area contributed by atoms with Gasteiger partial charge in [-0.1, -0.05) is 26.7 Å². The summed E-state index contributed by atoms with van der Waals surface area (Å²) in [5.41, 5.74) is 0.126. The highest BCUT2D eigenvalue weighted by molar-refractivity contribution is 5.67. The van der Waals surface area contributed by atoms with Crippen molar-refractivity contribution in [3.63, 3.8) is 0 Å². The fourth-order valence-corrected chi connectivity index (χ4v) is 3.10. The Morgan fingerprint density at radius 2 is 2.11 bits per heavy atom. The Balaban J connectivity index is 2.49. The van der Waals surface area contributed by atoms with Gasteiger partial charge in [0.15, 0.2) is 0 Å². The number of carboxylic acids is 1. The molecule has 1 saturated carbocycles. The minimum atomic E-state index is -0.643. The number of hydrogen-bond donors (Lipinski definition) is 2. The lowest BCUT2D eigenvalue weighted by atomic mass is 9.71.